The van der Waals surface area contributed by atoms with Crippen molar-refractivity contribution in [3.8, 4) is 5.75 Å². The van der Waals surface area contributed by atoms with Gasteiger partial charge in [0.25, 0.3) is 0 Å². The van der Waals surface area contributed by atoms with Crippen molar-refractivity contribution in [1.29, 1.82) is 0 Å². The molecule has 0 radical (unpaired) electrons. The molecule has 0 fully saturated rings. The molecule has 0 saturated carbocycles. The van der Waals surface area contributed by atoms with Gasteiger partial charge in [-0.25, -0.2) is 0 Å². The molecular formula is C19H20O4S. The Morgan fingerprint density at radius 2 is 2.17 bits per heavy atom. The number of ether oxygens (including phenoxy) is 2. The lowest BCUT2D eigenvalue weighted by atomic mass is 10.0. The normalized spacial score (nSPS) is 13.0. The van der Waals surface area contributed by atoms with Crippen molar-refractivity contribution in [3.63, 3.8) is 0 Å². The number of carbonyl (C=O) groups excluding carboxylic acids is 2. The second-order valence-corrected chi connectivity index (χ2v) is 7.03. The Bertz CT molecular complexity index is 760. The van der Waals surface area contributed by atoms with Gasteiger partial charge in [0.15, 0.2) is 0 Å². The molecule has 5 heteroatoms. The topological polar surface area (TPSA) is 52.6 Å². The fourth-order valence-electron chi connectivity index (χ4n) is 2.72. The van der Waals surface area contributed by atoms with Crippen molar-refractivity contribution in [2.45, 2.75) is 45.8 Å². The molecule has 3 rings (SSSR count). The summed E-state index contributed by atoms with van der Waals surface area (Å²) in [5, 5.41) is 1.92. The molecule has 0 aliphatic carbocycles. The molecule has 2 aromatic rings. The van der Waals surface area contributed by atoms with E-state index in [1.165, 1.54) is 11.3 Å². The molecule has 126 valence electrons. The Morgan fingerprint density at radius 1 is 1.33 bits per heavy atom. The number of thiophene rings is 1. The van der Waals surface area contributed by atoms with Crippen LogP contribution in [0.1, 0.15) is 53.1 Å². The summed E-state index contributed by atoms with van der Waals surface area (Å²) in [4.78, 5) is 25.0. The summed E-state index contributed by atoms with van der Waals surface area (Å²) in [5.74, 6) is 0.474. The fraction of sp³-hybridized carbons (Fsp3) is 0.368. The third-order valence-electron chi connectivity index (χ3n) is 3.84. The van der Waals surface area contributed by atoms with Crippen LogP contribution in [0, 0.1) is 0 Å². The van der Waals surface area contributed by atoms with Gasteiger partial charge in [0.1, 0.15) is 12.4 Å². The highest BCUT2D eigenvalue weighted by molar-refractivity contribution is 7.12. The Morgan fingerprint density at radius 3 is 2.96 bits per heavy atom. The summed E-state index contributed by atoms with van der Waals surface area (Å²) in [6, 6.07) is 7.64. The average Bonchev–Trinajstić information content (AvgIpc) is 2.96. The molecular weight excluding hydrogens is 324 g/mol. The van der Waals surface area contributed by atoms with E-state index in [0.717, 1.165) is 22.4 Å². The number of ketones is 1. The van der Waals surface area contributed by atoms with Crippen LogP contribution in [0.2, 0.25) is 0 Å². The summed E-state index contributed by atoms with van der Waals surface area (Å²) in [6.07, 6.45) is 1.73. The Labute approximate surface area is 145 Å². The van der Waals surface area contributed by atoms with Crippen LogP contribution in [0.5, 0.6) is 5.75 Å². The lowest BCUT2D eigenvalue weighted by Gasteiger charge is -2.10. The largest absolute Gasteiger partial charge is 0.488 e. The first-order chi connectivity index (χ1) is 11.5. The van der Waals surface area contributed by atoms with Crippen LogP contribution in [0.3, 0.4) is 0 Å². The first-order valence-corrected chi connectivity index (χ1v) is 8.99. The van der Waals surface area contributed by atoms with E-state index >= 15 is 0 Å². The maximum absolute atomic E-state index is 12.7. The second-order valence-electron chi connectivity index (χ2n) is 6.12. The van der Waals surface area contributed by atoms with E-state index in [9.17, 15) is 9.59 Å². The minimum absolute atomic E-state index is 0.0218. The lowest BCUT2D eigenvalue weighted by Crippen LogP contribution is -2.11. The molecule has 1 aliphatic heterocycles. The number of hydrogen-bond acceptors (Lipinski definition) is 5. The van der Waals surface area contributed by atoms with Crippen LogP contribution in [0.15, 0.2) is 29.6 Å². The average molecular weight is 344 g/mol. The standard InChI is InChI=1S/C19H20O4S/c1-12(2)23-17(20)5-3-4-13-6-7-16-15(10-13)18(21)19-14(11-22-16)8-9-24-19/h6-10,12H,3-5,11H2,1-2H3. The smallest absolute Gasteiger partial charge is 0.306 e. The maximum atomic E-state index is 12.7. The highest BCUT2D eigenvalue weighted by Crippen LogP contribution is 2.32. The molecule has 0 amide bonds. The first-order valence-electron chi connectivity index (χ1n) is 8.11. The van der Waals surface area contributed by atoms with Crippen LogP contribution >= 0.6 is 11.3 Å². The molecule has 0 atom stereocenters. The minimum atomic E-state index is -0.178. The second kappa shape index (κ2) is 7.18. The minimum Gasteiger partial charge on any atom is -0.488 e. The van der Waals surface area contributed by atoms with Crippen molar-refractivity contribution in [1.82, 2.24) is 0 Å². The predicted molar refractivity (Wildman–Crippen MR) is 92.7 cm³/mol. The fourth-order valence-corrected chi connectivity index (χ4v) is 3.58. The summed E-state index contributed by atoms with van der Waals surface area (Å²) in [5.41, 5.74) is 2.58. The molecule has 2 heterocycles. The first kappa shape index (κ1) is 16.7. The SMILES string of the molecule is CC(C)OC(=O)CCCc1ccc2c(c1)C(=O)c1sccc1CO2. The van der Waals surface area contributed by atoms with Gasteiger partial charge in [-0.1, -0.05) is 6.07 Å². The van der Waals surface area contributed by atoms with Crippen LogP contribution in [0.4, 0.5) is 0 Å². The van der Waals surface area contributed by atoms with E-state index in [-0.39, 0.29) is 17.9 Å². The molecule has 1 aliphatic rings. The van der Waals surface area contributed by atoms with E-state index in [0.29, 0.717) is 30.8 Å². The molecule has 24 heavy (non-hydrogen) atoms. The van der Waals surface area contributed by atoms with E-state index in [4.69, 9.17) is 9.47 Å². The van der Waals surface area contributed by atoms with E-state index in [2.05, 4.69) is 0 Å². The van der Waals surface area contributed by atoms with Crippen molar-refractivity contribution in [2.75, 3.05) is 0 Å². The molecule has 0 spiro atoms. The van der Waals surface area contributed by atoms with Crippen molar-refractivity contribution in [3.05, 3.63) is 51.2 Å². The van der Waals surface area contributed by atoms with Gasteiger partial charge in [-0.3, -0.25) is 9.59 Å². The zero-order chi connectivity index (χ0) is 17.1. The van der Waals surface area contributed by atoms with Gasteiger partial charge in [0.05, 0.1) is 16.5 Å². The highest BCUT2D eigenvalue weighted by atomic mass is 32.1. The zero-order valence-corrected chi connectivity index (χ0v) is 14.7. The summed E-state index contributed by atoms with van der Waals surface area (Å²) in [7, 11) is 0. The van der Waals surface area contributed by atoms with Gasteiger partial charge in [-0.05, 0) is 55.8 Å². The van der Waals surface area contributed by atoms with Gasteiger partial charge >= 0.3 is 5.97 Å². The molecule has 4 nitrogen and oxygen atoms in total. The number of hydrogen-bond donors (Lipinski definition) is 0. The van der Waals surface area contributed by atoms with Crippen molar-refractivity contribution < 1.29 is 19.1 Å². The highest BCUT2D eigenvalue weighted by Gasteiger charge is 2.23. The monoisotopic (exact) mass is 344 g/mol. The van der Waals surface area contributed by atoms with E-state index in [1.54, 1.807) is 0 Å². The van der Waals surface area contributed by atoms with Gasteiger partial charge in [-0.15, -0.1) is 11.3 Å². The van der Waals surface area contributed by atoms with Crippen LogP contribution < -0.4 is 4.74 Å². The molecule has 0 bridgehead atoms. The quantitative estimate of drug-likeness (QED) is 0.765. The maximum Gasteiger partial charge on any atom is 0.306 e. The number of benzene rings is 1. The number of fused-ring (bicyclic) bond motifs is 2. The Balaban J connectivity index is 1.69. The summed E-state index contributed by atoms with van der Waals surface area (Å²) in [6.45, 7) is 4.11. The number of esters is 1. The van der Waals surface area contributed by atoms with Crippen LogP contribution in [-0.2, 0) is 22.6 Å². The van der Waals surface area contributed by atoms with Gasteiger partial charge in [0, 0.05) is 12.0 Å². The van der Waals surface area contributed by atoms with Crippen LogP contribution in [0.25, 0.3) is 0 Å². The van der Waals surface area contributed by atoms with Gasteiger partial charge < -0.3 is 9.47 Å². The predicted octanol–water partition coefficient (Wildman–Crippen LogP) is 4.15. The summed E-state index contributed by atoms with van der Waals surface area (Å²) >= 11 is 1.45. The number of carbonyl (C=O) groups is 2. The molecule has 1 aromatic heterocycles. The van der Waals surface area contributed by atoms with E-state index < -0.39 is 0 Å². The van der Waals surface area contributed by atoms with Crippen molar-refractivity contribution >= 4 is 23.1 Å². The lowest BCUT2D eigenvalue weighted by molar-refractivity contribution is -0.147. The van der Waals surface area contributed by atoms with Crippen LogP contribution in [-0.4, -0.2) is 17.9 Å². The third-order valence-corrected chi connectivity index (χ3v) is 4.79. The third kappa shape index (κ3) is 3.67. The Hall–Kier alpha value is -2.14. The van der Waals surface area contributed by atoms with E-state index in [1.807, 2.05) is 43.5 Å². The molecule has 0 saturated heterocycles. The summed E-state index contributed by atoms with van der Waals surface area (Å²) < 4.78 is 10.9. The molecule has 0 N–H and O–H groups in total. The Kier molecular flexibility index (Phi) is 5.00. The molecule has 0 unspecified atom stereocenters. The number of rotatable bonds is 5. The van der Waals surface area contributed by atoms with Gasteiger partial charge in [0.2, 0.25) is 5.78 Å². The number of aryl methyl sites for hydroxylation is 1. The van der Waals surface area contributed by atoms with Crippen molar-refractivity contribution in [2.24, 2.45) is 0 Å². The van der Waals surface area contributed by atoms with Gasteiger partial charge in [-0.2, -0.15) is 0 Å². The molecule has 1 aromatic carbocycles. The zero-order valence-electron chi connectivity index (χ0n) is 13.8.